The number of carbonyl (C=O) groups excluding carboxylic acids is 1. The minimum atomic E-state index is -2.80. The van der Waals surface area contributed by atoms with E-state index < -0.39 is 18.2 Å². The number of hydrogen-bond donors (Lipinski definition) is 2. The van der Waals surface area contributed by atoms with Gasteiger partial charge in [0.05, 0.1) is 30.3 Å². The quantitative estimate of drug-likeness (QED) is 0.203. The minimum Gasteiger partial charge on any atom is -0.493 e. The van der Waals surface area contributed by atoms with Crippen LogP contribution in [0.2, 0.25) is 0 Å². The fourth-order valence-corrected chi connectivity index (χ4v) is 3.94. The Bertz CT molecular complexity index is 1650. The van der Waals surface area contributed by atoms with Crippen molar-refractivity contribution in [2.24, 2.45) is 0 Å². The average Bonchev–Trinajstić information content (AvgIpc) is 3.38. The first-order chi connectivity index (χ1) is 19.4. The predicted octanol–water partition coefficient (Wildman–Crippen LogP) is 6.75. The largest absolute Gasteiger partial charge is 0.493 e. The number of ether oxygens (including phenoxy) is 3. The molecule has 0 saturated carbocycles. The van der Waals surface area contributed by atoms with Crippen LogP contribution >= 0.6 is 0 Å². The molecular weight excluding hydrogens is 541 g/mol. The first-order valence-electron chi connectivity index (χ1n) is 12.2. The third-order valence-electron chi connectivity index (χ3n) is 5.68. The summed E-state index contributed by atoms with van der Waals surface area (Å²) in [4.78, 5) is 21.4. The molecule has 0 saturated heterocycles. The normalized spacial score (nSPS) is 10.7. The van der Waals surface area contributed by atoms with Gasteiger partial charge in [0.15, 0.2) is 11.5 Å². The summed E-state index contributed by atoms with van der Waals surface area (Å²) in [7, 11) is 1.55. The zero-order valence-corrected chi connectivity index (χ0v) is 21.9. The molecule has 0 spiro atoms. The lowest BCUT2D eigenvalue weighted by molar-refractivity contribution is 0.145. The number of rotatable bonds is 9. The summed E-state index contributed by atoms with van der Waals surface area (Å²) in [5.74, 6) is 1.81. The Morgan fingerprint density at radius 2 is 1.78 bits per heavy atom. The molecule has 212 valence electrons. The lowest BCUT2D eigenvalue weighted by Gasteiger charge is -2.13. The van der Waals surface area contributed by atoms with Crippen LogP contribution in [0.5, 0.6) is 23.1 Å². The molecule has 5 rings (SSSR count). The van der Waals surface area contributed by atoms with Crippen molar-refractivity contribution in [2.75, 3.05) is 24.4 Å². The van der Waals surface area contributed by atoms with Gasteiger partial charge in [0.1, 0.15) is 23.6 Å². The molecule has 0 fully saturated rings. The molecule has 2 aromatic heterocycles. The highest BCUT2D eigenvalue weighted by Gasteiger charge is 2.18. The number of amides is 2. The molecular formula is C28H25F3N6O4. The van der Waals surface area contributed by atoms with Crippen molar-refractivity contribution in [1.82, 2.24) is 19.7 Å². The molecule has 10 nitrogen and oxygen atoms in total. The highest BCUT2D eigenvalue weighted by molar-refractivity contribution is 5.99. The number of carbonyl (C=O) groups is 1. The van der Waals surface area contributed by atoms with Crippen LogP contribution < -0.4 is 24.8 Å². The zero-order valence-electron chi connectivity index (χ0n) is 21.9. The molecule has 2 N–H and O–H groups in total. The van der Waals surface area contributed by atoms with Crippen molar-refractivity contribution in [3.05, 3.63) is 84.8 Å². The Hall–Kier alpha value is -5.33. The number of methoxy groups -OCH3 is 1. The number of urea groups is 1. The van der Waals surface area contributed by atoms with E-state index in [-0.39, 0.29) is 16.4 Å². The van der Waals surface area contributed by atoms with Crippen molar-refractivity contribution in [1.29, 1.82) is 0 Å². The smallest absolute Gasteiger partial charge is 0.324 e. The van der Waals surface area contributed by atoms with E-state index in [0.29, 0.717) is 46.1 Å². The molecule has 0 aliphatic heterocycles. The van der Waals surface area contributed by atoms with E-state index in [0.717, 1.165) is 6.07 Å². The third-order valence-corrected chi connectivity index (χ3v) is 5.68. The number of para-hydroxylation sites is 1. The van der Waals surface area contributed by atoms with Crippen LogP contribution in [-0.2, 0) is 0 Å². The van der Waals surface area contributed by atoms with Crippen molar-refractivity contribution in [3.8, 4) is 28.8 Å². The molecule has 0 unspecified atom stereocenters. The maximum Gasteiger partial charge on any atom is 0.324 e. The second kappa shape index (κ2) is 12.7. The van der Waals surface area contributed by atoms with E-state index in [1.807, 2.05) is 6.92 Å². The van der Waals surface area contributed by atoms with Gasteiger partial charge in [-0.2, -0.15) is 5.10 Å². The van der Waals surface area contributed by atoms with Gasteiger partial charge in [0.25, 0.3) is 6.43 Å². The fraction of sp³-hybridized carbons (Fsp3) is 0.143. The lowest BCUT2D eigenvalue weighted by Crippen LogP contribution is -2.21. The highest BCUT2D eigenvalue weighted by atomic mass is 19.3. The van der Waals surface area contributed by atoms with E-state index in [1.54, 1.807) is 73.8 Å². The maximum atomic E-state index is 13.3. The van der Waals surface area contributed by atoms with Gasteiger partial charge in [-0.25, -0.2) is 28.2 Å². The second-order valence-electron chi connectivity index (χ2n) is 8.34. The van der Waals surface area contributed by atoms with Crippen LogP contribution in [0.1, 0.15) is 19.0 Å². The van der Waals surface area contributed by atoms with Gasteiger partial charge in [0.2, 0.25) is 5.88 Å². The lowest BCUT2D eigenvalue weighted by atomic mass is 10.2. The van der Waals surface area contributed by atoms with Gasteiger partial charge in [-0.1, -0.05) is 24.3 Å². The predicted molar refractivity (Wildman–Crippen MR) is 147 cm³/mol. The standard InChI is InChI=1S/C28H24F2N6O4.FH/c1-3-39-24-13-20-21(14-23(24)38-2)31-16-32-27(20)40-19-11-7-8-17(12-19)33-28(37)34-25-15-22(26(29)30)35-36(25)18-9-5-4-6-10-18;/h4-16,26H,3H2,1-2H3,(H2,33,34,37);1H. The summed E-state index contributed by atoms with van der Waals surface area (Å²) in [6, 6.07) is 19.2. The van der Waals surface area contributed by atoms with Crippen LogP contribution in [0.3, 0.4) is 0 Å². The first-order valence-corrected chi connectivity index (χ1v) is 12.2. The molecule has 2 heterocycles. The van der Waals surface area contributed by atoms with Gasteiger partial charge in [-0.05, 0) is 37.3 Å². The van der Waals surface area contributed by atoms with E-state index >= 15 is 0 Å². The average molecular weight is 567 g/mol. The first kappa shape index (κ1) is 28.7. The van der Waals surface area contributed by atoms with Crippen LogP contribution in [0.4, 0.5) is 29.8 Å². The van der Waals surface area contributed by atoms with Gasteiger partial charge in [0, 0.05) is 23.9 Å². The Kier molecular flexibility index (Phi) is 8.87. The van der Waals surface area contributed by atoms with E-state index in [9.17, 15) is 13.6 Å². The number of halogens is 3. The summed E-state index contributed by atoms with van der Waals surface area (Å²) < 4.78 is 45.0. The number of alkyl halides is 2. The van der Waals surface area contributed by atoms with E-state index in [2.05, 4.69) is 25.7 Å². The minimum absolute atomic E-state index is 0. The van der Waals surface area contributed by atoms with Gasteiger partial charge >= 0.3 is 6.03 Å². The number of hydrogen-bond acceptors (Lipinski definition) is 7. The summed E-state index contributed by atoms with van der Waals surface area (Å²) in [6.07, 6.45) is -1.43. The van der Waals surface area contributed by atoms with Crippen LogP contribution in [0, 0.1) is 0 Å². The number of nitrogens with zero attached hydrogens (tertiary/aromatic N) is 4. The van der Waals surface area contributed by atoms with Gasteiger partial charge < -0.3 is 19.5 Å². The second-order valence-corrected chi connectivity index (χ2v) is 8.34. The van der Waals surface area contributed by atoms with E-state index in [4.69, 9.17) is 14.2 Å². The summed E-state index contributed by atoms with van der Waals surface area (Å²) in [5.41, 5.74) is 1.04. The summed E-state index contributed by atoms with van der Waals surface area (Å²) in [6.45, 7) is 2.31. The molecule has 0 radical (unpaired) electrons. The maximum absolute atomic E-state index is 13.3. The number of fused-ring (bicyclic) bond motifs is 1. The third kappa shape index (κ3) is 6.46. The summed E-state index contributed by atoms with van der Waals surface area (Å²) in [5, 5.41) is 9.80. The Morgan fingerprint density at radius 3 is 2.51 bits per heavy atom. The molecule has 0 atom stereocenters. The molecule has 5 aromatic rings. The Morgan fingerprint density at radius 1 is 0.976 bits per heavy atom. The summed E-state index contributed by atoms with van der Waals surface area (Å²) >= 11 is 0. The number of aromatic nitrogens is 4. The molecule has 3 aromatic carbocycles. The number of benzene rings is 3. The monoisotopic (exact) mass is 566 g/mol. The molecule has 0 aliphatic carbocycles. The van der Waals surface area contributed by atoms with Crippen LogP contribution in [0.15, 0.2) is 79.1 Å². The van der Waals surface area contributed by atoms with Crippen LogP contribution in [-0.4, -0.2) is 39.5 Å². The zero-order chi connectivity index (χ0) is 28.1. The van der Waals surface area contributed by atoms with Crippen molar-refractivity contribution in [2.45, 2.75) is 13.3 Å². The highest BCUT2D eigenvalue weighted by Crippen LogP contribution is 2.36. The number of nitrogens with one attached hydrogen (secondary N) is 2. The Balaban J connectivity index is 0.00000387. The Labute approximate surface area is 232 Å². The molecule has 0 bridgehead atoms. The van der Waals surface area contributed by atoms with Crippen molar-refractivity contribution >= 4 is 28.4 Å². The van der Waals surface area contributed by atoms with Gasteiger partial charge in [-0.3, -0.25) is 10.0 Å². The molecule has 41 heavy (non-hydrogen) atoms. The van der Waals surface area contributed by atoms with Crippen molar-refractivity contribution in [3.63, 3.8) is 0 Å². The van der Waals surface area contributed by atoms with Gasteiger partial charge in [-0.15, -0.1) is 0 Å². The SMILES string of the molecule is CCOc1cc2c(Oc3cccc(NC(=O)Nc4cc(C(F)F)nn4-c4ccccc4)c3)ncnc2cc1OC.F. The van der Waals surface area contributed by atoms with Crippen molar-refractivity contribution < 1.29 is 32.5 Å². The van der Waals surface area contributed by atoms with E-state index in [1.165, 1.54) is 11.0 Å². The van der Waals surface area contributed by atoms with Crippen LogP contribution in [0.25, 0.3) is 16.6 Å². The molecule has 2 amide bonds. The molecule has 0 aliphatic rings. The number of anilines is 2. The topological polar surface area (TPSA) is 112 Å². The fourth-order valence-electron chi connectivity index (χ4n) is 3.94. The molecule has 13 heteroatoms.